The van der Waals surface area contributed by atoms with Gasteiger partial charge >= 0.3 is 0 Å². The molecule has 0 unspecified atom stereocenters. The number of hydrogen-bond acceptors (Lipinski definition) is 3. The highest BCUT2D eigenvalue weighted by Gasteiger charge is 2.21. The Labute approximate surface area is 156 Å². The molecule has 1 fully saturated rings. The number of rotatable bonds is 7. The predicted molar refractivity (Wildman–Crippen MR) is 102 cm³/mol. The van der Waals surface area contributed by atoms with Crippen LogP contribution in [-0.2, 0) is 14.8 Å². The average Bonchev–Trinajstić information content (AvgIpc) is 2.54. The van der Waals surface area contributed by atoms with Gasteiger partial charge in [-0.2, -0.15) is 0 Å². The smallest absolute Gasteiger partial charge is 0.232 e. The van der Waals surface area contributed by atoms with Crippen molar-refractivity contribution in [3.8, 4) is 0 Å². The van der Waals surface area contributed by atoms with E-state index in [-0.39, 0.29) is 30.6 Å². The van der Waals surface area contributed by atoms with E-state index in [1.807, 2.05) is 0 Å². The quantitative estimate of drug-likeness (QED) is 0.781. The van der Waals surface area contributed by atoms with Gasteiger partial charge in [0.05, 0.1) is 11.9 Å². The summed E-state index contributed by atoms with van der Waals surface area (Å²) in [6, 6.07) is 6.00. The van der Waals surface area contributed by atoms with E-state index in [1.54, 1.807) is 6.07 Å². The number of hydrogen-bond donors (Lipinski definition) is 1. The minimum atomic E-state index is -3.61. The first-order valence-corrected chi connectivity index (χ1v) is 11.2. The first kappa shape index (κ1) is 20.7. The van der Waals surface area contributed by atoms with E-state index < -0.39 is 15.8 Å². The summed E-state index contributed by atoms with van der Waals surface area (Å²) in [6.45, 7) is 0.0812. The Morgan fingerprint density at radius 1 is 1.15 bits per heavy atom. The summed E-state index contributed by atoms with van der Waals surface area (Å²) in [5.74, 6) is -0.644. The standard InChI is InChI=1S/C19H29FN2O3S/c1-26(24,25)22(18-13-8-7-12-17(18)20)15-9-14-19(23)21-16-10-5-3-2-4-6-11-16/h7-8,12-13,16H,2-6,9-11,14-15H2,1H3,(H,21,23). The van der Waals surface area contributed by atoms with Crippen molar-refractivity contribution in [1.29, 1.82) is 0 Å². The molecule has 0 radical (unpaired) electrons. The zero-order valence-electron chi connectivity index (χ0n) is 15.4. The van der Waals surface area contributed by atoms with Gasteiger partial charge in [-0.25, -0.2) is 12.8 Å². The van der Waals surface area contributed by atoms with Gasteiger partial charge in [0, 0.05) is 19.0 Å². The Hall–Kier alpha value is -1.63. The number of benzene rings is 1. The molecule has 2 rings (SSSR count). The maximum atomic E-state index is 14.0. The third-order valence-electron chi connectivity index (χ3n) is 4.76. The molecule has 0 saturated heterocycles. The molecule has 0 atom stereocenters. The van der Waals surface area contributed by atoms with Gasteiger partial charge in [0.1, 0.15) is 5.82 Å². The number of amides is 1. The Kier molecular flexibility index (Phi) is 7.87. The molecule has 1 aliphatic rings. The topological polar surface area (TPSA) is 66.5 Å². The predicted octanol–water partition coefficient (Wildman–Crippen LogP) is 3.60. The van der Waals surface area contributed by atoms with Crippen LogP contribution in [-0.4, -0.2) is 33.2 Å². The van der Waals surface area contributed by atoms with Gasteiger partial charge < -0.3 is 5.32 Å². The molecular weight excluding hydrogens is 355 g/mol. The second-order valence-corrected chi connectivity index (χ2v) is 8.91. The van der Waals surface area contributed by atoms with Crippen LogP contribution >= 0.6 is 0 Å². The Bertz CT molecular complexity index is 686. The lowest BCUT2D eigenvalue weighted by Crippen LogP contribution is -2.36. The largest absolute Gasteiger partial charge is 0.353 e. The molecule has 1 aromatic carbocycles. The van der Waals surface area contributed by atoms with E-state index in [9.17, 15) is 17.6 Å². The van der Waals surface area contributed by atoms with Crippen molar-refractivity contribution < 1.29 is 17.6 Å². The highest BCUT2D eigenvalue weighted by Crippen LogP contribution is 2.22. The van der Waals surface area contributed by atoms with E-state index in [0.717, 1.165) is 36.2 Å². The summed E-state index contributed by atoms with van der Waals surface area (Å²) in [4.78, 5) is 12.2. The monoisotopic (exact) mass is 384 g/mol. The summed E-state index contributed by atoms with van der Waals surface area (Å²) < 4.78 is 39.0. The molecule has 0 spiro atoms. The molecule has 0 bridgehead atoms. The van der Waals surface area contributed by atoms with Crippen molar-refractivity contribution in [3.63, 3.8) is 0 Å². The highest BCUT2D eigenvalue weighted by atomic mass is 32.2. The van der Waals surface area contributed by atoms with Gasteiger partial charge in [0.15, 0.2) is 0 Å². The van der Waals surface area contributed by atoms with Crippen LogP contribution in [0, 0.1) is 5.82 Å². The van der Waals surface area contributed by atoms with Gasteiger partial charge in [-0.1, -0.05) is 44.2 Å². The van der Waals surface area contributed by atoms with Gasteiger partial charge in [0.25, 0.3) is 0 Å². The van der Waals surface area contributed by atoms with Crippen LogP contribution in [0.1, 0.15) is 57.8 Å². The summed E-state index contributed by atoms with van der Waals surface area (Å²) in [5, 5.41) is 3.07. The number of nitrogens with one attached hydrogen (secondary N) is 1. The third kappa shape index (κ3) is 6.59. The molecule has 1 N–H and O–H groups in total. The zero-order chi connectivity index (χ0) is 19.0. The molecule has 0 aromatic heterocycles. The number of halogens is 1. The molecule has 1 saturated carbocycles. The van der Waals surface area contributed by atoms with Crippen LogP contribution in [0.25, 0.3) is 0 Å². The van der Waals surface area contributed by atoms with Crippen LogP contribution in [0.3, 0.4) is 0 Å². The number of sulfonamides is 1. The fourth-order valence-corrected chi connectivity index (χ4v) is 4.37. The maximum absolute atomic E-state index is 14.0. The second-order valence-electron chi connectivity index (χ2n) is 7.00. The van der Waals surface area contributed by atoms with Crippen LogP contribution in [0.4, 0.5) is 10.1 Å². The summed E-state index contributed by atoms with van der Waals surface area (Å²) >= 11 is 0. The first-order valence-electron chi connectivity index (χ1n) is 9.39. The Balaban J connectivity index is 1.87. The third-order valence-corrected chi connectivity index (χ3v) is 5.94. The molecule has 146 valence electrons. The van der Waals surface area contributed by atoms with E-state index >= 15 is 0 Å². The fraction of sp³-hybridized carbons (Fsp3) is 0.632. The molecular formula is C19H29FN2O3S. The summed E-state index contributed by atoms with van der Waals surface area (Å²) in [6.07, 6.45) is 9.65. The van der Waals surface area contributed by atoms with E-state index in [4.69, 9.17) is 0 Å². The van der Waals surface area contributed by atoms with Crippen molar-refractivity contribution in [2.24, 2.45) is 0 Å². The summed E-state index contributed by atoms with van der Waals surface area (Å²) in [7, 11) is -3.61. The zero-order valence-corrected chi connectivity index (χ0v) is 16.2. The van der Waals surface area contributed by atoms with E-state index in [2.05, 4.69) is 5.32 Å². The number of nitrogens with zero attached hydrogens (tertiary/aromatic N) is 1. The highest BCUT2D eigenvalue weighted by molar-refractivity contribution is 7.92. The number of carbonyl (C=O) groups is 1. The molecule has 1 aliphatic carbocycles. The molecule has 7 heteroatoms. The van der Waals surface area contributed by atoms with Crippen molar-refractivity contribution >= 4 is 21.6 Å². The number of anilines is 1. The lowest BCUT2D eigenvalue weighted by molar-refractivity contribution is -0.122. The van der Waals surface area contributed by atoms with E-state index in [1.165, 1.54) is 37.5 Å². The Morgan fingerprint density at radius 2 is 1.77 bits per heavy atom. The van der Waals surface area contributed by atoms with Crippen LogP contribution in [0.5, 0.6) is 0 Å². The SMILES string of the molecule is CS(=O)(=O)N(CCCC(=O)NC1CCCCCCC1)c1ccccc1F. The Morgan fingerprint density at radius 3 is 2.38 bits per heavy atom. The lowest BCUT2D eigenvalue weighted by Gasteiger charge is -2.23. The molecule has 0 aliphatic heterocycles. The molecule has 5 nitrogen and oxygen atoms in total. The molecule has 26 heavy (non-hydrogen) atoms. The molecule has 1 amide bonds. The summed E-state index contributed by atoms with van der Waals surface area (Å²) in [5.41, 5.74) is 0.0235. The average molecular weight is 385 g/mol. The fourth-order valence-electron chi connectivity index (χ4n) is 3.40. The van der Waals surface area contributed by atoms with Crippen LogP contribution < -0.4 is 9.62 Å². The van der Waals surface area contributed by atoms with Gasteiger partial charge in [-0.3, -0.25) is 9.10 Å². The van der Waals surface area contributed by atoms with Gasteiger partial charge in [-0.05, 0) is 31.4 Å². The van der Waals surface area contributed by atoms with Crippen molar-refractivity contribution in [2.75, 3.05) is 17.1 Å². The molecule has 0 heterocycles. The lowest BCUT2D eigenvalue weighted by atomic mass is 9.96. The van der Waals surface area contributed by atoms with Gasteiger partial charge in [-0.15, -0.1) is 0 Å². The molecule has 1 aromatic rings. The minimum absolute atomic E-state index is 0.0235. The van der Waals surface area contributed by atoms with Crippen molar-refractivity contribution in [2.45, 2.75) is 63.8 Å². The van der Waals surface area contributed by atoms with Crippen LogP contribution in [0.2, 0.25) is 0 Å². The maximum Gasteiger partial charge on any atom is 0.232 e. The second kappa shape index (κ2) is 9.90. The minimum Gasteiger partial charge on any atom is -0.353 e. The van der Waals surface area contributed by atoms with Crippen molar-refractivity contribution in [1.82, 2.24) is 5.32 Å². The number of para-hydroxylation sites is 1. The normalized spacial score (nSPS) is 16.5. The van der Waals surface area contributed by atoms with Crippen molar-refractivity contribution in [3.05, 3.63) is 30.1 Å². The first-order chi connectivity index (χ1) is 12.4. The van der Waals surface area contributed by atoms with Crippen LogP contribution in [0.15, 0.2) is 24.3 Å². The van der Waals surface area contributed by atoms with Gasteiger partial charge in [0.2, 0.25) is 15.9 Å². The number of carbonyl (C=O) groups excluding carboxylic acids is 1. The van der Waals surface area contributed by atoms with E-state index in [0.29, 0.717) is 6.42 Å².